The Balaban J connectivity index is 2.07. The highest BCUT2D eigenvalue weighted by atomic mass is 32.2. The van der Waals surface area contributed by atoms with Gasteiger partial charge in [0.1, 0.15) is 5.75 Å². The smallest absolute Gasteiger partial charge is 0.240 e. The van der Waals surface area contributed by atoms with E-state index in [4.69, 9.17) is 4.74 Å². The Morgan fingerprint density at radius 1 is 1.07 bits per heavy atom. The summed E-state index contributed by atoms with van der Waals surface area (Å²) in [6, 6.07) is 12.8. The molecule has 0 atom stereocenters. The van der Waals surface area contributed by atoms with Gasteiger partial charge < -0.3 is 15.4 Å². The van der Waals surface area contributed by atoms with Crippen molar-refractivity contribution in [1.29, 1.82) is 0 Å². The summed E-state index contributed by atoms with van der Waals surface area (Å²) in [5, 5.41) is 6.55. The summed E-state index contributed by atoms with van der Waals surface area (Å²) in [5.74, 6) is 1.56. The molecule has 0 aliphatic heterocycles. The van der Waals surface area contributed by atoms with Crippen LogP contribution in [0.5, 0.6) is 5.75 Å². The first-order chi connectivity index (χ1) is 13.9. The zero-order valence-electron chi connectivity index (χ0n) is 17.5. The Kier molecular flexibility index (Phi) is 8.48. The van der Waals surface area contributed by atoms with E-state index in [9.17, 15) is 8.42 Å². The molecule has 3 N–H and O–H groups in total. The summed E-state index contributed by atoms with van der Waals surface area (Å²) in [6.07, 6.45) is 0. The lowest BCUT2D eigenvalue weighted by Gasteiger charge is -2.15. The second-order valence-corrected chi connectivity index (χ2v) is 8.33. The summed E-state index contributed by atoms with van der Waals surface area (Å²) in [6.45, 7) is 8.38. The molecule has 7 nitrogen and oxygen atoms in total. The molecular formula is C21H30N4O3S. The fourth-order valence-electron chi connectivity index (χ4n) is 2.68. The highest BCUT2D eigenvalue weighted by molar-refractivity contribution is 7.89. The van der Waals surface area contributed by atoms with Crippen LogP contribution in [-0.4, -0.2) is 34.6 Å². The van der Waals surface area contributed by atoms with Gasteiger partial charge in [-0.1, -0.05) is 24.3 Å². The molecule has 0 amide bonds. The van der Waals surface area contributed by atoms with Crippen LogP contribution in [-0.2, 0) is 23.1 Å². The summed E-state index contributed by atoms with van der Waals surface area (Å²) in [7, 11) is -2.03. The lowest BCUT2D eigenvalue weighted by atomic mass is 10.1. The van der Waals surface area contributed by atoms with E-state index in [2.05, 4.69) is 32.5 Å². The van der Waals surface area contributed by atoms with Gasteiger partial charge in [-0.15, -0.1) is 0 Å². The first-order valence-corrected chi connectivity index (χ1v) is 11.1. The monoisotopic (exact) mass is 418 g/mol. The van der Waals surface area contributed by atoms with Crippen LogP contribution >= 0.6 is 0 Å². The minimum absolute atomic E-state index is 0.237. The van der Waals surface area contributed by atoms with Crippen molar-refractivity contribution in [3.63, 3.8) is 0 Å². The number of hydrogen-bond acceptors (Lipinski definition) is 4. The predicted octanol–water partition coefficient (Wildman–Crippen LogP) is 2.56. The minimum atomic E-state index is -3.43. The maximum atomic E-state index is 11.8. The molecule has 0 heterocycles. The number of aryl methyl sites for hydroxylation is 1. The lowest BCUT2D eigenvalue weighted by Crippen LogP contribution is -2.36. The molecule has 0 spiro atoms. The van der Waals surface area contributed by atoms with Crippen LogP contribution in [0.4, 0.5) is 0 Å². The van der Waals surface area contributed by atoms with E-state index >= 15 is 0 Å². The van der Waals surface area contributed by atoms with Gasteiger partial charge in [0.25, 0.3) is 0 Å². The van der Waals surface area contributed by atoms with E-state index in [1.807, 2.05) is 26.8 Å². The van der Waals surface area contributed by atoms with Gasteiger partial charge in [0.05, 0.1) is 18.0 Å². The highest BCUT2D eigenvalue weighted by Crippen LogP contribution is 2.20. The number of ether oxygens (including phenoxy) is 1. The number of hydrogen-bond donors (Lipinski definition) is 3. The van der Waals surface area contributed by atoms with Crippen LogP contribution in [0.1, 0.15) is 30.5 Å². The van der Waals surface area contributed by atoms with Crippen LogP contribution < -0.4 is 20.1 Å². The topological polar surface area (TPSA) is 91.8 Å². The van der Waals surface area contributed by atoms with Crippen molar-refractivity contribution in [2.24, 2.45) is 4.99 Å². The van der Waals surface area contributed by atoms with Gasteiger partial charge in [-0.3, -0.25) is 0 Å². The van der Waals surface area contributed by atoms with Crippen molar-refractivity contribution < 1.29 is 13.2 Å². The fourth-order valence-corrected chi connectivity index (χ4v) is 3.41. The summed E-state index contributed by atoms with van der Waals surface area (Å²) in [5.41, 5.74) is 3.13. The predicted molar refractivity (Wildman–Crippen MR) is 117 cm³/mol. The third-order valence-corrected chi connectivity index (χ3v) is 5.67. The highest BCUT2D eigenvalue weighted by Gasteiger charge is 2.10. The second-order valence-electron chi connectivity index (χ2n) is 6.44. The summed E-state index contributed by atoms with van der Waals surface area (Å²) in [4.78, 5) is 4.83. The molecule has 0 aromatic heterocycles. The van der Waals surface area contributed by atoms with E-state index < -0.39 is 10.0 Å². The van der Waals surface area contributed by atoms with E-state index in [-0.39, 0.29) is 4.90 Å². The maximum Gasteiger partial charge on any atom is 0.240 e. The third kappa shape index (κ3) is 6.76. The Morgan fingerprint density at radius 3 is 2.41 bits per heavy atom. The Hall–Kier alpha value is -2.58. The van der Waals surface area contributed by atoms with Gasteiger partial charge in [0.2, 0.25) is 10.0 Å². The number of aliphatic imine (C=N–C) groups is 1. The number of sulfonamides is 1. The van der Waals surface area contributed by atoms with Gasteiger partial charge in [0.15, 0.2) is 5.96 Å². The number of guanidine groups is 1. The molecule has 0 saturated carbocycles. The molecule has 2 aromatic rings. The molecule has 0 fully saturated rings. The van der Waals surface area contributed by atoms with Crippen LogP contribution in [0.15, 0.2) is 52.4 Å². The van der Waals surface area contributed by atoms with Crippen molar-refractivity contribution in [2.75, 3.05) is 20.2 Å². The normalized spacial score (nSPS) is 11.9. The first kappa shape index (κ1) is 22.7. The van der Waals surface area contributed by atoms with Crippen LogP contribution in [0.3, 0.4) is 0 Å². The first-order valence-electron chi connectivity index (χ1n) is 9.66. The molecule has 29 heavy (non-hydrogen) atoms. The Bertz CT molecular complexity index is 925. The molecule has 8 heteroatoms. The molecule has 0 saturated heterocycles. The molecule has 158 valence electrons. The quantitative estimate of drug-likeness (QED) is 0.430. The van der Waals surface area contributed by atoms with E-state index in [0.29, 0.717) is 25.7 Å². The average molecular weight is 419 g/mol. The van der Waals surface area contributed by atoms with Crippen molar-refractivity contribution in [3.05, 3.63) is 59.2 Å². The summed E-state index contributed by atoms with van der Waals surface area (Å²) < 4.78 is 31.7. The van der Waals surface area contributed by atoms with Crippen LogP contribution in [0.2, 0.25) is 0 Å². The molecule has 0 radical (unpaired) electrons. The molecule has 2 aromatic carbocycles. The fraction of sp³-hybridized carbons (Fsp3) is 0.381. The van der Waals surface area contributed by atoms with Gasteiger partial charge in [-0.2, -0.15) is 0 Å². The van der Waals surface area contributed by atoms with E-state index in [0.717, 1.165) is 29.0 Å². The second kappa shape index (κ2) is 10.8. The molecular weight excluding hydrogens is 388 g/mol. The third-order valence-electron chi connectivity index (χ3n) is 4.24. The number of rotatable bonds is 9. The molecule has 2 rings (SSSR count). The SMILES string of the molecule is CCNC(=NCc1ccc(S(=O)(=O)NC)cc1)NCc1ccc(C)cc1OCC. The Morgan fingerprint density at radius 2 is 1.79 bits per heavy atom. The van der Waals surface area contributed by atoms with Crippen molar-refractivity contribution in [1.82, 2.24) is 15.4 Å². The standard InChI is InChI=1S/C21H30N4O3S/c1-5-23-21(25-15-18-10-7-16(3)13-20(18)28-6-2)24-14-17-8-11-19(12-9-17)29(26,27)22-4/h7-13,22H,5-6,14-15H2,1-4H3,(H2,23,24,25). The van der Waals surface area contributed by atoms with E-state index in [1.54, 1.807) is 24.3 Å². The number of nitrogens with zero attached hydrogens (tertiary/aromatic N) is 1. The van der Waals surface area contributed by atoms with Gasteiger partial charge in [0, 0.05) is 18.7 Å². The van der Waals surface area contributed by atoms with Gasteiger partial charge in [-0.25, -0.2) is 18.1 Å². The zero-order chi connectivity index (χ0) is 21.3. The lowest BCUT2D eigenvalue weighted by molar-refractivity contribution is 0.336. The van der Waals surface area contributed by atoms with E-state index in [1.165, 1.54) is 7.05 Å². The van der Waals surface area contributed by atoms with Crippen molar-refractivity contribution in [2.45, 2.75) is 38.8 Å². The largest absolute Gasteiger partial charge is 0.494 e. The van der Waals surface area contributed by atoms with Crippen molar-refractivity contribution in [3.8, 4) is 5.75 Å². The van der Waals surface area contributed by atoms with Crippen LogP contribution in [0.25, 0.3) is 0 Å². The molecule has 0 aliphatic rings. The average Bonchev–Trinajstić information content (AvgIpc) is 2.71. The molecule has 0 unspecified atom stereocenters. The maximum absolute atomic E-state index is 11.8. The number of nitrogens with one attached hydrogen (secondary N) is 3. The summed E-state index contributed by atoms with van der Waals surface area (Å²) >= 11 is 0. The molecule has 0 bridgehead atoms. The Labute approximate surface area is 173 Å². The van der Waals surface area contributed by atoms with Crippen molar-refractivity contribution >= 4 is 16.0 Å². The molecule has 0 aliphatic carbocycles. The zero-order valence-corrected chi connectivity index (χ0v) is 18.3. The number of benzene rings is 2. The van der Waals surface area contributed by atoms with Gasteiger partial charge in [-0.05, 0) is 57.1 Å². The van der Waals surface area contributed by atoms with Crippen LogP contribution in [0, 0.1) is 6.92 Å². The minimum Gasteiger partial charge on any atom is -0.494 e. The van der Waals surface area contributed by atoms with Gasteiger partial charge >= 0.3 is 0 Å².